The number of nitrogens with one attached hydrogen (secondary N) is 1. The van der Waals surface area contributed by atoms with Gasteiger partial charge in [-0.1, -0.05) is 32.0 Å². The van der Waals surface area contributed by atoms with E-state index < -0.39 is 16.0 Å². The highest BCUT2D eigenvalue weighted by Crippen LogP contribution is 2.19. The van der Waals surface area contributed by atoms with Gasteiger partial charge in [0.25, 0.3) is 0 Å². The van der Waals surface area contributed by atoms with Crippen LogP contribution in [0.4, 0.5) is 17.6 Å². The summed E-state index contributed by atoms with van der Waals surface area (Å²) in [6.07, 6.45) is 0. The van der Waals surface area contributed by atoms with Crippen LogP contribution < -0.4 is 11.1 Å². The first-order chi connectivity index (χ1) is 15.7. The summed E-state index contributed by atoms with van der Waals surface area (Å²) in [5, 5.41) is 3.07. The Balaban J connectivity index is 1.68. The van der Waals surface area contributed by atoms with Gasteiger partial charge in [-0.25, -0.2) is 13.2 Å². The molecular formula is C22H26N6O4S. The van der Waals surface area contributed by atoms with Gasteiger partial charge < -0.3 is 15.8 Å². The van der Waals surface area contributed by atoms with E-state index in [1.54, 1.807) is 13.8 Å². The minimum absolute atomic E-state index is 0.0157. The molecule has 0 bridgehead atoms. The summed E-state index contributed by atoms with van der Waals surface area (Å²) in [7, 11) is -3.60. The van der Waals surface area contributed by atoms with Crippen LogP contribution in [0.2, 0.25) is 0 Å². The zero-order valence-corrected chi connectivity index (χ0v) is 19.5. The normalized spacial score (nSPS) is 11.4. The number of ether oxygens (including phenoxy) is 1. The maximum absolute atomic E-state index is 12.6. The summed E-state index contributed by atoms with van der Waals surface area (Å²) >= 11 is 0. The van der Waals surface area contributed by atoms with Crippen LogP contribution in [0.15, 0.2) is 53.4 Å². The molecule has 0 amide bonds. The molecule has 0 atom stereocenters. The standard InChI is InChI=1S/C22H26N6O4S/c1-4-28(5-2)33(30,31)17-12-10-16(11-13-17)20(29)32-14-19-25-21(23)27-22(26-19)24-18-9-7-6-8-15(18)3/h6-13H,4-5,14H2,1-3H3,(H3,23,24,25,26,27). The summed E-state index contributed by atoms with van der Waals surface area (Å²) in [6, 6.07) is 13.2. The van der Waals surface area contributed by atoms with Crippen molar-refractivity contribution in [3.63, 3.8) is 0 Å². The predicted molar refractivity (Wildman–Crippen MR) is 124 cm³/mol. The van der Waals surface area contributed by atoms with Crippen molar-refractivity contribution in [3.05, 3.63) is 65.5 Å². The Labute approximate surface area is 192 Å². The van der Waals surface area contributed by atoms with Gasteiger partial charge in [0.15, 0.2) is 12.4 Å². The Morgan fingerprint density at radius 1 is 1.03 bits per heavy atom. The highest BCUT2D eigenvalue weighted by atomic mass is 32.2. The van der Waals surface area contributed by atoms with Crippen molar-refractivity contribution in [2.75, 3.05) is 24.1 Å². The average Bonchev–Trinajstić information content (AvgIpc) is 2.79. The number of carbonyl (C=O) groups excluding carboxylic acids is 1. The van der Waals surface area contributed by atoms with Crippen LogP contribution in [0.1, 0.15) is 35.6 Å². The molecule has 10 nitrogen and oxygen atoms in total. The molecule has 3 N–H and O–H groups in total. The molecule has 0 saturated carbocycles. The zero-order valence-electron chi connectivity index (χ0n) is 18.6. The predicted octanol–water partition coefficient (Wildman–Crippen LogP) is 2.89. The molecule has 3 rings (SSSR count). The molecule has 0 radical (unpaired) electrons. The molecular weight excluding hydrogens is 444 g/mol. The van der Waals surface area contributed by atoms with Gasteiger partial charge in [0.05, 0.1) is 10.5 Å². The fourth-order valence-electron chi connectivity index (χ4n) is 3.08. The number of nitrogens with zero attached hydrogens (tertiary/aromatic N) is 4. The fraction of sp³-hybridized carbons (Fsp3) is 0.273. The summed E-state index contributed by atoms with van der Waals surface area (Å²) < 4.78 is 31.8. The van der Waals surface area contributed by atoms with Crippen molar-refractivity contribution in [3.8, 4) is 0 Å². The number of nitrogens with two attached hydrogens (primary N) is 1. The van der Waals surface area contributed by atoms with Crippen LogP contribution in [0, 0.1) is 6.92 Å². The number of carbonyl (C=O) groups is 1. The Morgan fingerprint density at radius 2 is 1.70 bits per heavy atom. The lowest BCUT2D eigenvalue weighted by Crippen LogP contribution is -2.30. The molecule has 0 aliphatic heterocycles. The average molecular weight is 471 g/mol. The molecule has 0 fully saturated rings. The van der Waals surface area contributed by atoms with Crippen molar-refractivity contribution in [1.29, 1.82) is 0 Å². The van der Waals surface area contributed by atoms with Crippen LogP contribution in [-0.2, 0) is 21.4 Å². The smallest absolute Gasteiger partial charge is 0.338 e. The number of aryl methyl sites for hydroxylation is 1. The Morgan fingerprint density at radius 3 is 2.33 bits per heavy atom. The lowest BCUT2D eigenvalue weighted by atomic mass is 10.2. The van der Waals surface area contributed by atoms with Crippen LogP contribution in [-0.4, -0.2) is 46.7 Å². The maximum Gasteiger partial charge on any atom is 0.338 e. The van der Waals surface area contributed by atoms with E-state index in [1.165, 1.54) is 28.6 Å². The first-order valence-electron chi connectivity index (χ1n) is 10.3. The second-order valence-corrected chi connectivity index (χ2v) is 9.00. The van der Waals surface area contributed by atoms with Gasteiger partial charge in [-0.2, -0.15) is 19.3 Å². The van der Waals surface area contributed by atoms with E-state index >= 15 is 0 Å². The first-order valence-corrected chi connectivity index (χ1v) is 11.8. The fourth-order valence-corrected chi connectivity index (χ4v) is 4.54. The van der Waals surface area contributed by atoms with E-state index in [0.717, 1.165) is 11.3 Å². The summed E-state index contributed by atoms with van der Waals surface area (Å²) in [5.74, 6) is -0.256. The molecule has 3 aromatic rings. The molecule has 11 heteroatoms. The Bertz CT molecular complexity index is 1230. The van der Waals surface area contributed by atoms with E-state index in [9.17, 15) is 13.2 Å². The quantitative estimate of drug-likeness (QED) is 0.452. The largest absolute Gasteiger partial charge is 0.454 e. The van der Waals surface area contributed by atoms with Crippen LogP contribution in [0.3, 0.4) is 0 Å². The number of rotatable bonds is 9. The zero-order chi connectivity index (χ0) is 24.0. The van der Waals surface area contributed by atoms with Crippen molar-refractivity contribution < 1.29 is 17.9 Å². The minimum atomic E-state index is -3.60. The molecule has 33 heavy (non-hydrogen) atoms. The number of hydrogen-bond acceptors (Lipinski definition) is 9. The van der Waals surface area contributed by atoms with Crippen LogP contribution in [0.25, 0.3) is 0 Å². The highest BCUT2D eigenvalue weighted by molar-refractivity contribution is 7.89. The molecule has 1 aromatic heterocycles. The van der Waals surface area contributed by atoms with Gasteiger partial charge in [0.2, 0.25) is 21.9 Å². The van der Waals surface area contributed by atoms with Gasteiger partial charge in [-0.05, 0) is 42.8 Å². The number of esters is 1. The monoisotopic (exact) mass is 470 g/mol. The second-order valence-electron chi connectivity index (χ2n) is 7.06. The number of para-hydroxylation sites is 1. The van der Waals surface area contributed by atoms with Crippen LogP contribution >= 0.6 is 0 Å². The first kappa shape index (κ1) is 24.1. The topological polar surface area (TPSA) is 140 Å². The molecule has 0 aliphatic rings. The molecule has 2 aromatic carbocycles. The summed E-state index contributed by atoms with van der Waals surface area (Å²) in [4.78, 5) is 24.8. The molecule has 174 valence electrons. The molecule has 0 saturated heterocycles. The number of hydrogen-bond donors (Lipinski definition) is 2. The van der Waals surface area contributed by atoms with Crippen molar-refractivity contribution in [1.82, 2.24) is 19.3 Å². The van der Waals surface area contributed by atoms with E-state index in [-0.39, 0.29) is 34.8 Å². The summed E-state index contributed by atoms with van der Waals surface area (Å²) in [5.41, 5.74) is 7.78. The number of benzene rings is 2. The SMILES string of the molecule is CCN(CC)S(=O)(=O)c1ccc(C(=O)OCc2nc(N)nc(Nc3ccccc3C)n2)cc1. The highest BCUT2D eigenvalue weighted by Gasteiger charge is 2.22. The number of sulfonamides is 1. The Kier molecular flexibility index (Phi) is 7.56. The lowest BCUT2D eigenvalue weighted by Gasteiger charge is -2.18. The number of nitrogen functional groups attached to an aromatic ring is 1. The van der Waals surface area contributed by atoms with Gasteiger partial charge in [0, 0.05) is 18.8 Å². The number of aromatic nitrogens is 3. The Hall–Kier alpha value is -3.57. The van der Waals surface area contributed by atoms with E-state index in [4.69, 9.17) is 10.5 Å². The van der Waals surface area contributed by atoms with E-state index in [1.807, 2.05) is 31.2 Å². The van der Waals surface area contributed by atoms with Crippen molar-refractivity contribution in [2.45, 2.75) is 32.3 Å². The van der Waals surface area contributed by atoms with Gasteiger partial charge in [-0.15, -0.1) is 0 Å². The number of anilines is 3. The maximum atomic E-state index is 12.6. The minimum Gasteiger partial charge on any atom is -0.454 e. The lowest BCUT2D eigenvalue weighted by molar-refractivity contribution is 0.0462. The second kappa shape index (κ2) is 10.4. The molecule has 0 spiro atoms. The summed E-state index contributed by atoms with van der Waals surface area (Å²) in [6.45, 7) is 5.96. The van der Waals surface area contributed by atoms with E-state index in [0.29, 0.717) is 13.1 Å². The van der Waals surface area contributed by atoms with Crippen LogP contribution in [0.5, 0.6) is 0 Å². The third-order valence-electron chi connectivity index (χ3n) is 4.86. The molecule has 0 aliphatic carbocycles. The van der Waals surface area contributed by atoms with Gasteiger partial charge in [-0.3, -0.25) is 0 Å². The molecule has 1 heterocycles. The van der Waals surface area contributed by atoms with Crippen molar-refractivity contribution in [2.24, 2.45) is 0 Å². The third-order valence-corrected chi connectivity index (χ3v) is 6.92. The molecule has 0 unspecified atom stereocenters. The third kappa shape index (κ3) is 5.82. The van der Waals surface area contributed by atoms with E-state index in [2.05, 4.69) is 20.3 Å². The van der Waals surface area contributed by atoms with Crippen molar-refractivity contribution >= 4 is 33.6 Å². The van der Waals surface area contributed by atoms with Gasteiger partial charge >= 0.3 is 5.97 Å². The van der Waals surface area contributed by atoms with Gasteiger partial charge in [0.1, 0.15) is 0 Å².